The molecule has 13 heteroatoms. The average Bonchev–Trinajstić information content (AvgIpc) is 2.99. The van der Waals surface area contributed by atoms with Gasteiger partial charge >= 0.3 is 10.4 Å². The molecule has 1 heterocycles. The van der Waals surface area contributed by atoms with Gasteiger partial charge in [-0.1, -0.05) is 19.1 Å². The topological polar surface area (TPSA) is 152 Å². The summed E-state index contributed by atoms with van der Waals surface area (Å²) in [5.41, 5.74) is 3.52. The van der Waals surface area contributed by atoms with Crippen LogP contribution in [0.25, 0.3) is 0 Å². The lowest BCUT2D eigenvalue weighted by atomic mass is 9.81. The minimum atomic E-state index is -4.67. The van der Waals surface area contributed by atoms with E-state index in [2.05, 4.69) is 10.1 Å². The molecule has 0 aliphatic heterocycles. The van der Waals surface area contributed by atoms with Crippen LogP contribution in [0, 0.1) is 17.6 Å². The predicted molar refractivity (Wildman–Crippen MR) is 90.4 cm³/mol. The Balaban J connectivity index is 0.000000597. The second kappa shape index (κ2) is 8.55. The van der Waals surface area contributed by atoms with Crippen LogP contribution in [0.2, 0.25) is 0 Å². The molecule has 0 fully saturated rings. The van der Waals surface area contributed by atoms with Crippen LogP contribution in [0.15, 0.2) is 30.9 Å². The highest BCUT2D eigenvalue weighted by molar-refractivity contribution is 7.80. The van der Waals surface area contributed by atoms with Gasteiger partial charge in [-0.2, -0.15) is 13.5 Å². The summed E-state index contributed by atoms with van der Waals surface area (Å²) in [5, 5.41) is 14.8. The third-order valence-electron chi connectivity index (χ3n) is 3.41. The van der Waals surface area contributed by atoms with E-state index in [0.717, 1.165) is 18.2 Å². The molecule has 0 unspecified atom stereocenters. The summed E-state index contributed by atoms with van der Waals surface area (Å²) in [5.74, 6) is -2.21. The van der Waals surface area contributed by atoms with Gasteiger partial charge in [-0.15, -0.1) is 0 Å². The van der Waals surface area contributed by atoms with Crippen molar-refractivity contribution in [2.45, 2.75) is 19.1 Å². The van der Waals surface area contributed by atoms with Crippen molar-refractivity contribution in [2.24, 2.45) is 11.7 Å². The van der Waals surface area contributed by atoms with E-state index in [-0.39, 0.29) is 17.1 Å². The maximum atomic E-state index is 14.1. The molecule has 144 valence electrons. The number of aliphatic hydroxyl groups is 1. The first-order chi connectivity index (χ1) is 11.8. The molecule has 0 radical (unpaired) electrons. The number of hydrogen-bond donors (Lipinski definition) is 4. The Labute approximate surface area is 153 Å². The van der Waals surface area contributed by atoms with Gasteiger partial charge in [0.2, 0.25) is 0 Å². The predicted octanol–water partition coefficient (Wildman–Crippen LogP) is 0.713. The first kappa shape index (κ1) is 22.0. The van der Waals surface area contributed by atoms with E-state index in [1.165, 1.54) is 17.3 Å². The molecule has 1 aromatic carbocycles. The number of hydrogen-bond acceptors (Lipinski definition) is 6. The van der Waals surface area contributed by atoms with Crippen molar-refractivity contribution in [2.75, 3.05) is 0 Å². The fraction of sp³-hybridized carbons (Fsp3) is 0.308. The summed E-state index contributed by atoms with van der Waals surface area (Å²) in [7, 11) is -4.67. The Bertz CT molecular complexity index is 855. The van der Waals surface area contributed by atoms with Crippen molar-refractivity contribution in [3.8, 4) is 0 Å². The largest absolute Gasteiger partial charge is 0.394 e. The number of aromatic nitrogens is 3. The normalized spacial score (nSPS) is 14.7. The van der Waals surface area contributed by atoms with Crippen LogP contribution in [0.1, 0.15) is 12.5 Å². The molecule has 0 amide bonds. The number of nitrogens with zero attached hydrogens (tertiary/aromatic N) is 3. The summed E-state index contributed by atoms with van der Waals surface area (Å²) < 4.78 is 60.4. The Kier molecular flexibility index (Phi) is 7.23. The van der Waals surface area contributed by atoms with E-state index in [4.69, 9.17) is 35.5 Å². The summed E-state index contributed by atoms with van der Waals surface area (Å²) >= 11 is 4.89. The van der Waals surface area contributed by atoms with Crippen molar-refractivity contribution >= 4 is 27.6 Å². The van der Waals surface area contributed by atoms with E-state index >= 15 is 0 Å². The molecule has 2 rings (SSSR count). The highest BCUT2D eigenvalue weighted by Crippen LogP contribution is 2.34. The molecular formula is C13H16F2N4O5S2. The van der Waals surface area contributed by atoms with Crippen LogP contribution < -0.4 is 5.73 Å². The van der Waals surface area contributed by atoms with Crippen molar-refractivity contribution < 1.29 is 31.4 Å². The number of thiocarbonyl (C=S) groups is 1. The van der Waals surface area contributed by atoms with Crippen molar-refractivity contribution in [3.63, 3.8) is 0 Å². The third-order valence-corrected chi connectivity index (χ3v) is 3.76. The molecule has 0 saturated heterocycles. The molecular weight excluding hydrogens is 394 g/mol. The van der Waals surface area contributed by atoms with Crippen molar-refractivity contribution in [1.82, 2.24) is 14.8 Å². The zero-order valence-corrected chi connectivity index (χ0v) is 15.0. The van der Waals surface area contributed by atoms with Crippen LogP contribution in [-0.4, -0.2) is 42.4 Å². The molecule has 5 N–H and O–H groups in total. The summed E-state index contributed by atoms with van der Waals surface area (Å²) in [6, 6.07) is 2.85. The molecule has 0 saturated carbocycles. The first-order valence-electron chi connectivity index (χ1n) is 6.84. The number of halogens is 2. The van der Waals surface area contributed by atoms with Gasteiger partial charge in [0.05, 0.1) is 11.5 Å². The van der Waals surface area contributed by atoms with Crippen molar-refractivity contribution in [1.29, 1.82) is 0 Å². The van der Waals surface area contributed by atoms with E-state index in [0.29, 0.717) is 0 Å². The molecule has 2 atom stereocenters. The zero-order valence-electron chi connectivity index (χ0n) is 13.3. The molecule has 26 heavy (non-hydrogen) atoms. The van der Waals surface area contributed by atoms with E-state index in [1.807, 2.05) is 0 Å². The summed E-state index contributed by atoms with van der Waals surface area (Å²) in [4.78, 5) is 3.74. The van der Waals surface area contributed by atoms with Crippen LogP contribution in [0.5, 0.6) is 0 Å². The Hall–Kier alpha value is -2.06. The highest BCUT2D eigenvalue weighted by atomic mass is 32.3. The summed E-state index contributed by atoms with van der Waals surface area (Å²) in [6.07, 6.45) is 2.63. The quantitative estimate of drug-likeness (QED) is 0.412. The Morgan fingerprint density at radius 3 is 2.46 bits per heavy atom. The monoisotopic (exact) mass is 410 g/mol. The van der Waals surface area contributed by atoms with Gasteiger partial charge in [0.25, 0.3) is 0 Å². The van der Waals surface area contributed by atoms with Gasteiger partial charge in [-0.3, -0.25) is 9.11 Å². The van der Waals surface area contributed by atoms with E-state index in [9.17, 15) is 13.9 Å². The maximum Gasteiger partial charge on any atom is 0.394 e. The van der Waals surface area contributed by atoms with Crippen LogP contribution in [-0.2, 0) is 22.5 Å². The lowest BCUT2D eigenvalue weighted by molar-refractivity contribution is -0.0155. The van der Waals surface area contributed by atoms with Crippen LogP contribution in [0.3, 0.4) is 0 Å². The zero-order chi connectivity index (χ0) is 20.1. The fourth-order valence-corrected chi connectivity index (χ4v) is 2.28. The van der Waals surface area contributed by atoms with Crippen LogP contribution >= 0.6 is 12.2 Å². The smallest absolute Gasteiger partial charge is 0.393 e. The van der Waals surface area contributed by atoms with Gasteiger partial charge in [0, 0.05) is 11.5 Å². The number of benzene rings is 1. The van der Waals surface area contributed by atoms with Crippen molar-refractivity contribution in [3.05, 3.63) is 48.1 Å². The van der Waals surface area contributed by atoms with Gasteiger partial charge in [-0.05, 0) is 18.2 Å². The average molecular weight is 410 g/mol. The SMILES string of the molecule is C[C@H](C(N)=S)[C@@](O)(Cn1cncn1)c1cc(F)ccc1F.O=S(=O)(O)O. The lowest BCUT2D eigenvalue weighted by Gasteiger charge is -2.34. The fourth-order valence-electron chi connectivity index (χ4n) is 2.08. The molecule has 0 aliphatic rings. The minimum Gasteiger partial charge on any atom is -0.393 e. The van der Waals surface area contributed by atoms with Gasteiger partial charge in [0.15, 0.2) is 0 Å². The van der Waals surface area contributed by atoms with E-state index < -0.39 is 33.6 Å². The lowest BCUT2D eigenvalue weighted by Crippen LogP contribution is -2.44. The molecule has 2 aromatic rings. The van der Waals surface area contributed by atoms with Gasteiger partial charge in [-0.25, -0.2) is 18.4 Å². The minimum absolute atomic E-state index is 0.0127. The standard InChI is InChI=1S/C13H14F2N4OS.H2O4S/c1-8(12(16)21)13(20,5-19-7-17-6-18-19)10-4-9(14)2-3-11(10)15;1-5(2,3)4/h2-4,6-8,20H,5H2,1H3,(H2,16,21);(H2,1,2,3,4)/t8-,13+;/m1./s1. The number of rotatable bonds is 5. The molecule has 0 aliphatic carbocycles. The molecule has 0 bridgehead atoms. The molecule has 1 aromatic heterocycles. The third kappa shape index (κ3) is 6.34. The van der Waals surface area contributed by atoms with Gasteiger partial charge < -0.3 is 10.8 Å². The highest BCUT2D eigenvalue weighted by Gasteiger charge is 2.40. The maximum absolute atomic E-state index is 14.1. The molecule has 9 nitrogen and oxygen atoms in total. The Morgan fingerprint density at radius 2 is 2.00 bits per heavy atom. The summed E-state index contributed by atoms with van der Waals surface area (Å²) in [6.45, 7) is 1.38. The van der Waals surface area contributed by atoms with Gasteiger partial charge in [0.1, 0.15) is 29.9 Å². The van der Waals surface area contributed by atoms with E-state index in [1.54, 1.807) is 6.92 Å². The Morgan fingerprint density at radius 1 is 1.42 bits per heavy atom. The molecule has 0 spiro atoms. The number of nitrogens with two attached hydrogens (primary N) is 1. The second-order valence-corrected chi connectivity index (χ2v) is 6.58. The first-order valence-corrected chi connectivity index (χ1v) is 8.64. The second-order valence-electron chi connectivity index (χ2n) is 5.21. The van der Waals surface area contributed by atoms with Crippen LogP contribution in [0.4, 0.5) is 8.78 Å².